The third kappa shape index (κ3) is 6.46. The van der Waals surface area contributed by atoms with Gasteiger partial charge in [-0.3, -0.25) is 9.59 Å². The van der Waals surface area contributed by atoms with Gasteiger partial charge in [0.2, 0.25) is 5.91 Å². The number of hydrogen-bond donors (Lipinski definition) is 1. The molecule has 2 amide bonds. The molecule has 0 bridgehead atoms. The number of likely N-dealkylation sites (tertiary alicyclic amines) is 1. The highest BCUT2D eigenvalue weighted by Gasteiger charge is 2.43. The summed E-state index contributed by atoms with van der Waals surface area (Å²) in [4.78, 5) is 25.5. The maximum absolute atomic E-state index is 12.4. The molecule has 1 aliphatic heterocycles. The molecule has 0 spiro atoms. The topological polar surface area (TPSA) is 52.7 Å². The first kappa shape index (κ1) is 18.5. The number of alkyl halides is 3. The van der Waals surface area contributed by atoms with E-state index in [0.29, 0.717) is 19.4 Å². The van der Waals surface area contributed by atoms with Crippen molar-refractivity contribution in [2.45, 2.75) is 19.0 Å². The minimum atomic E-state index is -4.83. The number of carbonyl (C=O) groups is 2. The molecule has 1 saturated heterocycles. The molecule has 5 nitrogen and oxygen atoms in total. The van der Waals surface area contributed by atoms with Crippen LogP contribution in [0.3, 0.4) is 0 Å². The van der Waals surface area contributed by atoms with Gasteiger partial charge in [-0.15, -0.1) is 0 Å². The lowest BCUT2D eigenvalue weighted by Crippen LogP contribution is -2.48. The van der Waals surface area contributed by atoms with Crippen LogP contribution < -0.4 is 5.32 Å². The van der Waals surface area contributed by atoms with Crippen molar-refractivity contribution in [1.29, 1.82) is 0 Å². The highest BCUT2D eigenvalue weighted by molar-refractivity contribution is 5.87. The molecule has 0 aromatic heterocycles. The minimum absolute atomic E-state index is 0.0278. The quantitative estimate of drug-likeness (QED) is 0.769. The number of halogens is 3. The first-order chi connectivity index (χ1) is 10.2. The summed E-state index contributed by atoms with van der Waals surface area (Å²) in [6.45, 7) is 1.04. The van der Waals surface area contributed by atoms with Crippen LogP contribution in [-0.4, -0.2) is 68.1 Å². The van der Waals surface area contributed by atoms with E-state index in [-0.39, 0.29) is 31.5 Å². The predicted molar refractivity (Wildman–Crippen MR) is 76.1 cm³/mol. The van der Waals surface area contributed by atoms with E-state index in [2.05, 4.69) is 5.32 Å². The van der Waals surface area contributed by atoms with Crippen molar-refractivity contribution >= 4 is 11.8 Å². The van der Waals surface area contributed by atoms with Gasteiger partial charge >= 0.3 is 12.1 Å². The molecule has 1 unspecified atom stereocenters. The van der Waals surface area contributed by atoms with Crippen molar-refractivity contribution in [2.75, 3.05) is 40.3 Å². The van der Waals surface area contributed by atoms with Crippen LogP contribution in [-0.2, 0) is 9.59 Å². The Kier molecular flexibility index (Phi) is 6.86. The van der Waals surface area contributed by atoms with E-state index >= 15 is 0 Å². The monoisotopic (exact) mass is 321 g/mol. The second kappa shape index (κ2) is 8.17. The molecule has 0 saturated carbocycles. The minimum Gasteiger partial charge on any atom is -0.352 e. The number of amides is 2. The van der Waals surface area contributed by atoms with E-state index in [4.69, 9.17) is 0 Å². The van der Waals surface area contributed by atoms with Crippen molar-refractivity contribution < 1.29 is 22.8 Å². The third-order valence-electron chi connectivity index (χ3n) is 3.35. The highest BCUT2D eigenvalue weighted by atomic mass is 19.4. The average molecular weight is 321 g/mol. The number of nitrogens with one attached hydrogen (secondary N) is 1. The number of carbonyl (C=O) groups excluding carboxylic acids is 2. The van der Waals surface area contributed by atoms with Gasteiger partial charge in [-0.25, -0.2) is 0 Å². The molecule has 22 heavy (non-hydrogen) atoms. The van der Waals surface area contributed by atoms with Gasteiger partial charge < -0.3 is 15.1 Å². The number of piperidine rings is 1. The van der Waals surface area contributed by atoms with Crippen molar-refractivity contribution in [2.24, 2.45) is 5.92 Å². The summed E-state index contributed by atoms with van der Waals surface area (Å²) in [5.74, 6) is -2.22. The zero-order valence-corrected chi connectivity index (χ0v) is 12.8. The first-order valence-corrected chi connectivity index (χ1v) is 7.15. The van der Waals surface area contributed by atoms with Crippen LogP contribution in [0.2, 0.25) is 0 Å². The summed E-state index contributed by atoms with van der Waals surface area (Å²) in [7, 11) is 3.74. The zero-order chi connectivity index (χ0) is 16.8. The van der Waals surface area contributed by atoms with Crippen LogP contribution in [0.4, 0.5) is 13.2 Å². The SMILES string of the molecule is CN(C)C/C=C/C(=O)NCC1CCCN(C(=O)C(F)(F)F)C1. The van der Waals surface area contributed by atoms with Crippen molar-refractivity contribution in [3.63, 3.8) is 0 Å². The summed E-state index contributed by atoms with van der Waals surface area (Å²) in [6.07, 6.45) is -0.515. The molecule has 1 heterocycles. The predicted octanol–water partition coefficient (Wildman–Crippen LogP) is 1.02. The van der Waals surface area contributed by atoms with Crippen molar-refractivity contribution in [3.05, 3.63) is 12.2 Å². The molecule has 0 aromatic carbocycles. The number of nitrogens with zero attached hydrogens (tertiary/aromatic N) is 2. The van der Waals surface area contributed by atoms with Crippen LogP contribution in [0.15, 0.2) is 12.2 Å². The van der Waals surface area contributed by atoms with Crippen LogP contribution in [0, 0.1) is 5.92 Å². The van der Waals surface area contributed by atoms with Crippen molar-refractivity contribution in [3.8, 4) is 0 Å². The lowest BCUT2D eigenvalue weighted by atomic mass is 9.98. The molecule has 0 aliphatic carbocycles. The fourth-order valence-electron chi connectivity index (χ4n) is 2.27. The molecule has 1 atom stereocenters. The van der Waals surface area contributed by atoms with Crippen LogP contribution >= 0.6 is 0 Å². The third-order valence-corrected chi connectivity index (χ3v) is 3.35. The van der Waals surface area contributed by atoms with Gasteiger partial charge in [-0.2, -0.15) is 13.2 Å². The zero-order valence-electron chi connectivity index (χ0n) is 12.8. The van der Waals surface area contributed by atoms with Gasteiger partial charge in [0.25, 0.3) is 0 Å². The summed E-state index contributed by atoms with van der Waals surface area (Å²) in [5, 5.41) is 2.66. The van der Waals surface area contributed by atoms with E-state index in [1.54, 1.807) is 6.08 Å². The molecule has 8 heteroatoms. The smallest absolute Gasteiger partial charge is 0.352 e. The molecule has 0 radical (unpaired) electrons. The van der Waals surface area contributed by atoms with E-state index in [0.717, 1.165) is 4.90 Å². The second-order valence-corrected chi connectivity index (χ2v) is 5.67. The summed E-state index contributed by atoms with van der Waals surface area (Å²) in [5.41, 5.74) is 0. The maximum Gasteiger partial charge on any atom is 0.471 e. The van der Waals surface area contributed by atoms with Gasteiger partial charge in [-0.1, -0.05) is 6.08 Å². The van der Waals surface area contributed by atoms with Gasteiger partial charge in [0, 0.05) is 32.3 Å². The molecule has 1 aliphatic rings. The standard InChI is InChI=1S/C14H22F3N3O2/c1-19(2)7-4-6-12(21)18-9-11-5-3-8-20(10-11)13(22)14(15,16)17/h4,6,11H,3,5,7-10H2,1-2H3,(H,18,21)/b6-4+. The average Bonchev–Trinajstić information content (AvgIpc) is 2.43. The number of rotatable bonds is 5. The van der Waals surface area contributed by atoms with Gasteiger partial charge in [0.05, 0.1) is 0 Å². The Morgan fingerprint density at radius 2 is 2.05 bits per heavy atom. The van der Waals surface area contributed by atoms with E-state index in [1.165, 1.54) is 6.08 Å². The highest BCUT2D eigenvalue weighted by Crippen LogP contribution is 2.23. The molecular formula is C14H22F3N3O2. The van der Waals surface area contributed by atoms with E-state index in [9.17, 15) is 22.8 Å². The van der Waals surface area contributed by atoms with Gasteiger partial charge in [-0.05, 0) is 32.9 Å². The molecular weight excluding hydrogens is 299 g/mol. The largest absolute Gasteiger partial charge is 0.471 e. The molecule has 126 valence electrons. The molecule has 1 N–H and O–H groups in total. The van der Waals surface area contributed by atoms with Gasteiger partial charge in [0.15, 0.2) is 0 Å². The lowest BCUT2D eigenvalue weighted by Gasteiger charge is -2.33. The Labute approximate surface area is 128 Å². The van der Waals surface area contributed by atoms with Crippen molar-refractivity contribution in [1.82, 2.24) is 15.1 Å². The molecule has 1 fully saturated rings. The summed E-state index contributed by atoms with van der Waals surface area (Å²) < 4.78 is 37.2. The summed E-state index contributed by atoms with van der Waals surface area (Å²) in [6, 6.07) is 0. The second-order valence-electron chi connectivity index (χ2n) is 5.67. The number of likely N-dealkylation sites (N-methyl/N-ethyl adjacent to an activating group) is 1. The van der Waals surface area contributed by atoms with E-state index < -0.39 is 12.1 Å². The Balaban J connectivity index is 2.39. The van der Waals surface area contributed by atoms with Crippen LogP contribution in [0.1, 0.15) is 12.8 Å². The fourth-order valence-corrected chi connectivity index (χ4v) is 2.27. The first-order valence-electron chi connectivity index (χ1n) is 7.15. The Morgan fingerprint density at radius 1 is 1.36 bits per heavy atom. The lowest BCUT2D eigenvalue weighted by molar-refractivity contribution is -0.187. The number of hydrogen-bond acceptors (Lipinski definition) is 3. The maximum atomic E-state index is 12.4. The van der Waals surface area contributed by atoms with Crippen LogP contribution in [0.25, 0.3) is 0 Å². The Morgan fingerprint density at radius 3 is 2.64 bits per heavy atom. The Bertz CT molecular complexity index is 422. The van der Waals surface area contributed by atoms with E-state index in [1.807, 2.05) is 19.0 Å². The van der Waals surface area contributed by atoms with Gasteiger partial charge in [0.1, 0.15) is 0 Å². The van der Waals surface area contributed by atoms with Crippen LogP contribution in [0.5, 0.6) is 0 Å². The normalized spacial score (nSPS) is 19.7. The molecule has 0 aromatic rings. The fraction of sp³-hybridized carbons (Fsp3) is 0.714. The molecule has 1 rings (SSSR count). The Hall–Kier alpha value is -1.57. The summed E-state index contributed by atoms with van der Waals surface area (Å²) >= 11 is 0.